The molecule has 0 unspecified atom stereocenters. The van der Waals surface area contributed by atoms with Crippen LogP contribution in [0.4, 0.5) is 5.69 Å². The minimum Gasteiger partial charge on any atom is -0.323 e. The van der Waals surface area contributed by atoms with Gasteiger partial charge in [0.25, 0.3) is 11.8 Å². The molecule has 3 heterocycles. The van der Waals surface area contributed by atoms with Gasteiger partial charge < -0.3 is 5.32 Å². The molecule has 1 aliphatic heterocycles. The lowest BCUT2D eigenvalue weighted by Crippen LogP contribution is -2.33. The maximum Gasteiger partial charge on any atom is 0.280 e. The van der Waals surface area contributed by atoms with Crippen LogP contribution in [0.25, 0.3) is 0 Å². The van der Waals surface area contributed by atoms with Crippen LogP contribution < -0.4 is 5.32 Å². The number of fused-ring (bicyclic) bond motifs is 1. The van der Waals surface area contributed by atoms with Gasteiger partial charge in [0.15, 0.2) is 0 Å². The van der Waals surface area contributed by atoms with E-state index in [1.165, 1.54) is 12.4 Å². The maximum absolute atomic E-state index is 12.1. The van der Waals surface area contributed by atoms with Gasteiger partial charge in [-0.3, -0.25) is 28.9 Å². The third-order valence-electron chi connectivity index (χ3n) is 3.28. The molecule has 0 fully saturated rings. The summed E-state index contributed by atoms with van der Waals surface area (Å²) >= 11 is 0. The number of amides is 3. The summed E-state index contributed by atoms with van der Waals surface area (Å²) < 4.78 is 1.56. The third-order valence-corrected chi connectivity index (χ3v) is 3.28. The molecule has 3 amide bonds. The SMILES string of the molecule is Cn1cc(NC(=O)CCN2C(=O)c3cccnc3C2=O)cn1. The second-order valence-electron chi connectivity index (χ2n) is 4.86. The first kappa shape index (κ1) is 13.9. The summed E-state index contributed by atoms with van der Waals surface area (Å²) in [5.41, 5.74) is 0.983. The van der Waals surface area contributed by atoms with Crippen LogP contribution in [-0.2, 0) is 11.8 Å². The lowest BCUT2D eigenvalue weighted by atomic mass is 10.2. The van der Waals surface area contributed by atoms with Gasteiger partial charge in [0.1, 0.15) is 5.69 Å². The van der Waals surface area contributed by atoms with Gasteiger partial charge in [-0.25, -0.2) is 0 Å². The zero-order chi connectivity index (χ0) is 15.7. The lowest BCUT2D eigenvalue weighted by molar-refractivity contribution is -0.116. The van der Waals surface area contributed by atoms with E-state index in [2.05, 4.69) is 15.4 Å². The lowest BCUT2D eigenvalue weighted by Gasteiger charge is -2.12. The summed E-state index contributed by atoms with van der Waals surface area (Å²) in [7, 11) is 1.74. The topological polar surface area (TPSA) is 97.2 Å². The molecular formula is C14H13N5O3. The number of aryl methyl sites for hydroxylation is 1. The van der Waals surface area contributed by atoms with Gasteiger partial charge in [-0.2, -0.15) is 5.10 Å². The van der Waals surface area contributed by atoms with Crippen molar-refractivity contribution in [3.63, 3.8) is 0 Å². The number of nitrogens with zero attached hydrogens (tertiary/aromatic N) is 4. The van der Waals surface area contributed by atoms with Crippen LogP contribution in [-0.4, -0.2) is 43.9 Å². The minimum absolute atomic E-state index is 0.0140. The summed E-state index contributed by atoms with van der Waals surface area (Å²) in [6, 6.07) is 3.15. The Morgan fingerprint density at radius 2 is 2.14 bits per heavy atom. The Morgan fingerprint density at radius 3 is 2.82 bits per heavy atom. The van der Waals surface area contributed by atoms with E-state index in [0.29, 0.717) is 5.69 Å². The number of hydrogen-bond donors (Lipinski definition) is 1. The van der Waals surface area contributed by atoms with E-state index in [-0.39, 0.29) is 30.1 Å². The molecule has 3 rings (SSSR count). The van der Waals surface area contributed by atoms with Gasteiger partial charge in [0.2, 0.25) is 5.91 Å². The molecule has 1 N–H and O–H groups in total. The summed E-state index contributed by atoms with van der Waals surface area (Å²) in [4.78, 5) is 41.0. The van der Waals surface area contributed by atoms with Crippen molar-refractivity contribution < 1.29 is 14.4 Å². The van der Waals surface area contributed by atoms with Gasteiger partial charge in [0.05, 0.1) is 17.4 Å². The average Bonchev–Trinajstić information content (AvgIpc) is 3.01. The number of aromatic nitrogens is 3. The van der Waals surface area contributed by atoms with E-state index in [0.717, 1.165) is 4.90 Å². The van der Waals surface area contributed by atoms with Crippen molar-refractivity contribution in [3.05, 3.63) is 42.0 Å². The first-order chi connectivity index (χ1) is 10.6. The van der Waals surface area contributed by atoms with Gasteiger partial charge in [-0.15, -0.1) is 0 Å². The Hall–Kier alpha value is -3.03. The van der Waals surface area contributed by atoms with Crippen LogP contribution in [0, 0.1) is 0 Å². The Kier molecular flexibility index (Phi) is 3.42. The van der Waals surface area contributed by atoms with Gasteiger partial charge in [-0.05, 0) is 12.1 Å². The zero-order valence-corrected chi connectivity index (χ0v) is 11.8. The molecule has 22 heavy (non-hydrogen) atoms. The Balaban J connectivity index is 1.62. The molecule has 8 nitrogen and oxygen atoms in total. The summed E-state index contributed by atoms with van der Waals surface area (Å²) in [5.74, 6) is -1.17. The first-order valence-corrected chi connectivity index (χ1v) is 6.66. The molecule has 0 saturated carbocycles. The second-order valence-corrected chi connectivity index (χ2v) is 4.86. The van der Waals surface area contributed by atoms with E-state index in [9.17, 15) is 14.4 Å². The molecule has 0 saturated heterocycles. The number of rotatable bonds is 4. The van der Waals surface area contributed by atoms with Gasteiger partial charge in [-0.1, -0.05) is 0 Å². The first-order valence-electron chi connectivity index (χ1n) is 6.66. The van der Waals surface area contributed by atoms with Crippen molar-refractivity contribution in [2.45, 2.75) is 6.42 Å². The van der Waals surface area contributed by atoms with Crippen LogP contribution in [0.15, 0.2) is 30.7 Å². The van der Waals surface area contributed by atoms with Crippen LogP contribution >= 0.6 is 0 Å². The minimum atomic E-state index is -0.463. The standard InChI is InChI=1S/C14H13N5O3/c1-18-8-9(7-16-18)17-11(20)4-6-19-13(21)10-3-2-5-15-12(10)14(19)22/h2-3,5,7-8H,4,6H2,1H3,(H,17,20). The fourth-order valence-corrected chi connectivity index (χ4v) is 2.24. The molecule has 2 aromatic rings. The Morgan fingerprint density at radius 1 is 1.32 bits per heavy atom. The Labute approximate surface area is 125 Å². The Bertz CT molecular complexity index is 732. The quantitative estimate of drug-likeness (QED) is 0.826. The molecule has 0 spiro atoms. The van der Waals surface area contributed by atoms with Crippen molar-refractivity contribution in [2.24, 2.45) is 7.05 Å². The monoisotopic (exact) mass is 299 g/mol. The fraction of sp³-hybridized carbons (Fsp3) is 0.214. The number of anilines is 1. The molecule has 2 aromatic heterocycles. The highest BCUT2D eigenvalue weighted by atomic mass is 16.2. The van der Waals surface area contributed by atoms with Gasteiger partial charge in [0, 0.05) is 32.4 Å². The van der Waals surface area contributed by atoms with E-state index < -0.39 is 11.8 Å². The number of pyridine rings is 1. The van der Waals surface area contributed by atoms with Crippen molar-refractivity contribution in [3.8, 4) is 0 Å². The van der Waals surface area contributed by atoms with E-state index in [4.69, 9.17) is 0 Å². The van der Waals surface area contributed by atoms with Crippen LogP contribution in [0.5, 0.6) is 0 Å². The number of nitrogens with one attached hydrogen (secondary N) is 1. The fourth-order valence-electron chi connectivity index (χ4n) is 2.24. The van der Waals surface area contributed by atoms with Crippen molar-refractivity contribution in [1.29, 1.82) is 0 Å². The third kappa shape index (κ3) is 2.46. The molecule has 8 heteroatoms. The molecule has 0 aliphatic carbocycles. The van der Waals surface area contributed by atoms with Crippen molar-refractivity contribution >= 4 is 23.4 Å². The van der Waals surface area contributed by atoms with Crippen molar-refractivity contribution in [1.82, 2.24) is 19.7 Å². The average molecular weight is 299 g/mol. The highest BCUT2D eigenvalue weighted by Crippen LogP contribution is 2.20. The number of imide groups is 1. The predicted octanol–water partition coefficient (Wildman–Crippen LogP) is 0.440. The van der Waals surface area contributed by atoms with Crippen LogP contribution in [0.3, 0.4) is 0 Å². The van der Waals surface area contributed by atoms with Crippen LogP contribution in [0.1, 0.15) is 27.3 Å². The number of carbonyl (C=O) groups excluding carboxylic acids is 3. The molecule has 0 aromatic carbocycles. The number of carbonyl (C=O) groups is 3. The van der Waals surface area contributed by atoms with Gasteiger partial charge >= 0.3 is 0 Å². The summed E-state index contributed by atoms with van der Waals surface area (Å²) in [6.07, 6.45) is 4.65. The normalized spacial score (nSPS) is 13.4. The summed E-state index contributed by atoms with van der Waals surface area (Å²) in [5, 5.41) is 6.58. The molecule has 112 valence electrons. The smallest absolute Gasteiger partial charge is 0.280 e. The van der Waals surface area contributed by atoms with E-state index in [1.54, 1.807) is 30.1 Å². The van der Waals surface area contributed by atoms with Crippen molar-refractivity contribution in [2.75, 3.05) is 11.9 Å². The van der Waals surface area contributed by atoms with Crippen LogP contribution in [0.2, 0.25) is 0 Å². The zero-order valence-electron chi connectivity index (χ0n) is 11.8. The highest BCUT2D eigenvalue weighted by Gasteiger charge is 2.36. The largest absolute Gasteiger partial charge is 0.323 e. The van der Waals surface area contributed by atoms with E-state index >= 15 is 0 Å². The number of hydrogen-bond acceptors (Lipinski definition) is 5. The molecular weight excluding hydrogens is 286 g/mol. The highest BCUT2D eigenvalue weighted by molar-refractivity contribution is 6.20. The maximum atomic E-state index is 12.1. The molecule has 0 bridgehead atoms. The summed E-state index contributed by atoms with van der Waals surface area (Å²) in [6.45, 7) is 0.0140. The molecule has 0 radical (unpaired) electrons. The second kappa shape index (κ2) is 5.40. The molecule has 0 atom stereocenters. The van der Waals surface area contributed by atoms with E-state index in [1.807, 2.05) is 0 Å². The molecule has 1 aliphatic rings. The predicted molar refractivity (Wildman–Crippen MR) is 76.1 cm³/mol.